The predicted octanol–water partition coefficient (Wildman–Crippen LogP) is 3.96. The average molecular weight is 347 g/mol. The van der Waals surface area contributed by atoms with Gasteiger partial charge in [0, 0.05) is 4.88 Å². The van der Waals surface area contributed by atoms with Gasteiger partial charge in [-0.1, -0.05) is 48.5 Å². The molecule has 0 aliphatic heterocycles. The molecule has 1 N–H and O–H groups in total. The van der Waals surface area contributed by atoms with Gasteiger partial charge < -0.3 is 0 Å². The topological polar surface area (TPSA) is 46.2 Å². The van der Waals surface area contributed by atoms with E-state index in [1.54, 1.807) is 0 Å². The molecule has 0 spiro atoms. The van der Waals surface area contributed by atoms with Crippen molar-refractivity contribution >= 4 is 21.4 Å². The van der Waals surface area contributed by atoms with Crippen LogP contribution in [0.2, 0.25) is 0 Å². The van der Waals surface area contributed by atoms with Crippen LogP contribution in [0.3, 0.4) is 0 Å². The van der Waals surface area contributed by atoms with Crippen molar-refractivity contribution in [3.8, 4) is 0 Å². The zero-order valence-electron chi connectivity index (χ0n) is 12.0. The van der Waals surface area contributed by atoms with Gasteiger partial charge in [-0.3, -0.25) is 0 Å². The molecule has 3 nitrogen and oxygen atoms in total. The molecule has 3 aromatic rings. The van der Waals surface area contributed by atoms with E-state index in [0.717, 1.165) is 16.5 Å². The molecule has 1 atom stereocenters. The molecule has 0 radical (unpaired) electrons. The number of rotatable bonds is 5. The lowest BCUT2D eigenvalue weighted by Crippen LogP contribution is -2.29. The number of hydrogen-bond donors (Lipinski definition) is 1. The van der Waals surface area contributed by atoms with E-state index < -0.39 is 21.9 Å². The Balaban J connectivity index is 2.01. The summed E-state index contributed by atoms with van der Waals surface area (Å²) in [5.74, 6) is -0.766. The minimum absolute atomic E-state index is 0.350. The van der Waals surface area contributed by atoms with Crippen molar-refractivity contribution in [1.82, 2.24) is 4.72 Å². The van der Waals surface area contributed by atoms with E-state index in [1.807, 2.05) is 47.8 Å². The summed E-state index contributed by atoms with van der Waals surface area (Å²) in [6, 6.07) is 17.7. The van der Waals surface area contributed by atoms with Gasteiger partial charge in [-0.15, -0.1) is 11.3 Å². The van der Waals surface area contributed by atoms with Crippen LogP contribution in [0.5, 0.6) is 0 Å². The van der Waals surface area contributed by atoms with Crippen molar-refractivity contribution in [3.05, 3.63) is 88.4 Å². The van der Waals surface area contributed by atoms with Crippen LogP contribution in [0.15, 0.2) is 77.0 Å². The van der Waals surface area contributed by atoms with E-state index >= 15 is 0 Å². The summed E-state index contributed by atoms with van der Waals surface area (Å²) in [6.07, 6.45) is 0. The second kappa shape index (κ2) is 6.62. The molecule has 0 fully saturated rings. The van der Waals surface area contributed by atoms with Gasteiger partial charge in [-0.2, -0.15) is 4.72 Å². The van der Waals surface area contributed by atoms with E-state index in [4.69, 9.17) is 0 Å². The zero-order valence-corrected chi connectivity index (χ0v) is 13.6. The third kappa shape index (κ3) is 3.50. The van der Waals surface area contributed by atoms with Crippen molar-refractivity contribution in [2.45, 2.75) is 10.9 Å². The summed E-state index contributed by atoms with van der Waals surface area (Å²) in [5.41, 5.74) is 0.801. The minimum atomic E-state index is -3.98. The Kier molecular flexibility index (Phi) is 4.56. The first-order chi connectivity index (χ1) is 11.1. The quantitative estimate of drug-likeness (QED) is 0.759. The van der Waals surface area contributed by atoms with Crippen molar-refractivity contribution in [2.24, 2.45) is 0 Å². The molecule has 1 heterocycles. The predicted molar refractivity (Wildman–Crippen MR) is 89.3 cm³/mol. The summed E-state index contributed by atoms with van der Waals surface area (Å²) in [5, 5.41) is 1.88. The van der Waals surface area contributed by atoms with Crippen LogP contribution >= 0.6 is 11.3 Å². The highest BCUT2D eigenvalue weighted by molar-refractivity contribution is 7.89. The Morgan fingerprint density at radius 1 is 0.913 bits per heavy atom. The van der Waals surface area contributed by atoms with Gasteiger partial charge in [0.2, 0.25) is 10.0 Å². The number of hydrogen-bond acceptors (Lipinski definition) is 3. The molecule has 118 valence electrons. The summed E-state index contributed by atoms with van der Waals surface area (Å²) in [7, 11) is -3.98. The zero-order chi connectivity index (χ0) is 16.3. The highest BCUT2D eigenvalue weighted by Gasteiger charge is 2.25. The van der Waals surface area contributed by atoms with Crippen LogP contribution < -0.4 is 4.72 Å². The molecule has 3 rings (SSSR count). The van der Waals surface area contributed by atoms with Crippen molar-refractivity contribution in [2.75, 3.05) is 0 Å². The molecule has 0 saturated heterocycles. The fourth-order valence-corrected chi connectivity index (χ4v) is 4.43. The lowest BCUT2D eigenvalue weighted by Gasteiger charge is -2.18. The first-order valence-electron chi connectivity index (χ1n) is 6.93. The molecule has 2 aromatic carbocycles. The lowest BCUT2D eigenvalue weighted by molar-refractivity contribution is 0.551. The van der Waals surface area contributed by atoms with Crippen LogP contribution in [-0.2, 0) is 10.0 Å². The Labute approximate surface area is 138 Å². The van der Waals surface area contributed by atoms with Crippen LogP contribution in [0.1, 0.15) is 16.5 Å². The normalized spacial score (nSPS) is 12.9. The molecule has 0 aliphatic carbocycles. The molecule has 0 amide bonds. The molecule has 23 heavy (non-hydrogen) atoms. The van der Waals surface area contributed by atoms with E-state index in [9.17, 15) is 12.8 Å². The number of thiophene rings is 1. The second-order valence-electron chi connectivity index (χ2n) is 4.91. The molecule has 0 saturated carbocycles. The Hall–Kier alpha value is -2.02. The second-order valence-corrected chi connectivity index (χ2v) is 7.57. The maximum atomic E-state index is 13.9. The fourth-order valence-electron chi connectivity index (χ4n) is 2.27. The van der Waals surface area contributed by atoms with E-state index in [0.29, 0.717) is 0 Å². The van der Waals surface area contributed by atoms with E-state index in [1.165, 1.54) is 29.5 Å². The first-order valence-corrected chi connectivity index (χ1v) is 9.29. The van der Waals surface area contributed by atoms with Crippen LogP contribution in [0.25, 0.3) is 0 Å². The molecular weight excluding hydrogens is 333 g/mol. The Morgan fingerprint density at radius 2 is 1.61 bits per heavy atom. The highest BCUT2D eigenvalue weighted by Crippen LogP contribution is 2.28. The van der Waals surface area contributed by atoms with Gasteiger partial charge in [0.05, 0.1) is 6.04 Å². The van der Waals surface area contributed by atoms with Crippen molar-refractivity contribution < 1.29 is 12.8 Å². The third-order valence-corrected chi connectivity index (χ3v) is 5.75. The number of nitrogens with one attached hydrogen (secondary N) is 1. The number of sulfonamides is 1. The standard InChI is InChI=1S/C17H14FNO2S2/c18-14-9-4-5-11-16(14)23(20,21)19-17(15-10-6-12-22-15)13-7-2-1-3-8-13/h1-12,17,19H/t17-/m1/s1. The Morgan fingerprint density at radius 3 is 2.26 bits per heavy atom. The largest absolute Gasteiger partial charge is 0.244 e. The molecule has 0 unspecified atom stereocenters. The monoisotopic (exact) mass is 347 g/mol. The lowest BCUT2D eigenvalue weighted by atomic mass is 10.1. The summed E-state index contributed by atoms with van der Waals surface area (Å²) in [4.78, 5) is 0.494. The molecule has 6 heteroatoms. The van der Waals surface area contributed by atoms with E-state index in [2.05, 4.69) is 4.72 Å². The van der Waals surface area contributed by atoms with Gasteiger partial charge >= 0.3 is 0 Å². The average Bonchev–Trinajstić information content (AvgIpc) is 3.08. The van der Waals surface area contributed by atoms with Crippen molar-refractivity contribution in [1.29, 1.82) is 0 Å². The number of benzene rings is 2. The van der Waals surface area contributed by atoms with Crippen LogP contribution in [0.4, 0.5) is 4.39 Å². The van der Waals surface area contributed by atoms with Crippen LogP contribution in [-0.4, -0.2) is 8.42 Å². The molecule has 0 bridgehead atoms. The summed E-state index contributed by atoms with van der Waals surface area (Å²) < 4.78 is 41.6. The molecular formula is C17H14FNO2S2. The van der Waals surface area contributed by atoms with Gasteiger partial charge in [0.25, 0.3) is 0 Å². The van der Waals surface area contributed by atoms with Gasteiger partial charge in [0.15, 0.2) is 0 Å². The number of halogens is 1. The maximum Gasteiger partial charge on any atom is 0.244 e. The molecule has 0 aliphatic rings. The van der Waals surface area contributed by atoms with E-state index in [-0.39, 0.29) is 4.90 Å². The SMILES string of the molecule is O=S(=O)(N[C@H](c1ccccc1)c1cccs1)c1ccccc1F. The van der Waals surface area contributed by atoms with Crippen molar-refractivity contribution in [3.63, 3.8) is 0 Å². The maximum absolute atomic E-state index is 13.9. The fraction of sp³-hybridized carbons (Fsp3) is 0.0588. The third-order valence-electron chi connectivity index (χ3n) is 3.36. The minimum Gasteiger partial charge on any atom is -0.207 e. The van der Waals surface area contributed by atoms with Gasteiger partial charge in [0.1, 0.15) is 10.7 Å². The van der Waals surface area contributed by atoms with Gasteiger partial charge in [-0.05, 0) is 29.1 Å². The molecule has 1 aromatic heterocycles. The highest BCUT2D eigenvalue weighted by atomic mass is 32.2. The first kappa shape index (κ1) is 15.9. The summed E-state index contributed by atoms with van der Waals surface area (Å²) >= 11 is 1.45. The van der Waals surface area contributed by atoms with Gasteiger partial charge in [-0.25, -0.2) is 12.8 Å². The Bertz CT molecular complexity index is 878. The summed E-state index contributed by atoms with van der Waals surface area (Å²) in [6.45, 7) is 0. The smallest absolute Gasteiger partial charge is 0.207 e. The van der Waals surface area contributed by atoms with Crippen LogP contribution in [0, 0.1) is 5.82 Å².